The van der Waals surface area contributed by atoms with Crippen LogP contribution in [0.5, 0.6) is 11.5 Å². The first-order chi connectivity index (χ1) is 15.0. The van der Waals surface area contributed by atoms with Crippen molar-refractivity contribution in [2.75, 3.05) is 6.61 Å². The van der Waals surface area contributed by atoms with Crippen LogP contribution < -0.4 is 14.9 Å². The summed E-state index contributed by atoms with van der Waals surface area (Å²) in [5, 5.41) is 5.02. The van der Waals surface area contributed by atoms with Gasteiger partial charge in [0.05, 0.1) is 23.4 Å². The fourth-order valence-electron chi connectivity index (χ4n) is 2.67. The highest BCUT2D eigenvalue weighted by molar-refractivity contribution is 9.10. The number of halogens is 3. The van der Waals surface area contributed by atoms with E-state index in [4.69, 9.17) is 32.7 Å². The number of amides is 1. The molecule has 0 aliphatic heterocycles. The normalized spacial score (nSPS) is 10.8. The van der Waals surface area contributed by atoms with Crippen LogP contribution in [-0.4, -0.2) is 18.7 Å². The van der Waals surface area contributed by atoms with Gasteiger partial charge in [-0.2, -0.15) is 5.10 Å². The van der Waals surface area contributed by atoms with Crippen LogP contribution in [0.3, 0.4) is 0 Å². The van der Waals surface area contributed by atoms with Gasteiger partial charge in [0.25, 0.3) is 5.91 Å². The molecule has 0 atom stereocenters. The molecule has 3 rings (SSSR count). The molecular formula is C23H19BrCl2N2O3. The molecule has 0 aliphatic carbocycles. The lowest BCUT2D eigenvalue weighted by molar-refractivity contribution is 0.0955. The zero-order valence-corrected chi connectivity index (χ0v) is 19.7. The van der Waals surface area contributed by atoms with Crippen molar-refractivity contribution in [3.05, 3.63) is 91.9 Å². The smallest absolute Gasteiger partial charge is 0.272 e. The molecule has 8 heteroatoms. The van der Waals surface area contributed by atoms with Crippen molar-refractivity contribution < 1.29 is 14.3 Å². The van der Waals surface area contributed by atoms with Gasteiger partial charge in [0.2, 0.25) is 0 Å². The third kappa shape index (κ3) is 6.23. The summed E-state index contributed by atoms with van der Waals surface area (Å²) in [6.07, 6.45) is 1.51. The molecule has 0 radical (unpaired) electrons. The van der Waals surface area contributed by atoms with Crippen LogP contribution in [0.25, 0.3) is 0 Å². The number of benzene rings is 3. The van der Waals surface area contributed by atoms with Crippen molar-refractivity contribution in [1.82, 2.24) is 5.43 Å². The van der Waals surface area contributed by atoms with Crippen LogP contribution >= 0.6 is 39.1 Å². The van der Waals surface area contributed by atoms with Crippen molar-refractivity contribution in [3.63, 3.8) is 0 Å². The number of carbonyl (C=O) groups excluding carboxylic acids is 1. The van der Waals surface area contributed by atoms with Gasteiger partial charge in [-0.25, -0.2) is 5.43 Å². The first-order valence-electron chi connectivity index (χ1n) is 9.40. The van der Waals surface area contributed by atoms with Gasteiger partial charge in [-0.15, -0.1) is 0 Å². The molecule has 0 saturated carbocycles. The minimum absolute atomic E-state index is 0.299. The third-order valence-electron chi connectivity index (χ3n) is 4.19. The summed E-state index contributed by atoms with van der Waals surface area (Å²) in [5.74, 6) is 0.713. The van der Waals surface area contributed by atoms with E-state index in [-0.39, 0.29) is 0 Å². The third-order valence-corrected chi connectivity index (χ3v) is 5.58. The van der Waals surface area contributed by atoms with E-state index >= 15 is 0 Å². The first kappa shape index (κ1) is 23.1. The van der Waals surface area contributed by atoms with Gasteiger partial charge in [0.15, 0.2) is 11.5 Å². The van der Waals surface area contributed by atoms with Crippen molar-refractivity contribution >= 4 is 51.3 Å². The van der Waals surface area contributed by atoms with Gasteiger partial charge in [-0.05, 0) is 53.2 Å². The molecule has 1 N–H and O–H groups in total. The molecule has 0 bridgehead atoms. The lowest BCUT2D eigenvalue weighted by atomic mass is 10.2. The number of nitrogens with zero attached hydrogens (tertiary/aromatic N) is 1. The number of hydrogen-bond donors (Lipinski definition) is 1. The molecule has 0 spiro atoms. The molecule has 3 aromatic carbocycles. The second-order valence-corrected chi connectivity index (χ2v) is 7.98. The number of hydrazone groups is 1. The largest absolute Gasteiger partial charge is 0.490 e. The molecule has 5 nitrogen and oxygen atoms in total. The van der Waals surface area contributed by atoms with E-state index in [2.05, 4.69) is 26.5 Å². The van der Waals surface area contributed by atoms with Gasteiger partial charge >= 0.3 is 0 Å². The summed E-state index contributed by atoms with van der Waals surface area (Å²) in [6, 6.07) is 17.8. The Morgan fingerprint density at radius 2 is 1.71 bits per heavy atom. The Balaban J connectivity index is 1.74. The van der Waals surface area contributed by atoms with Crippen LogP contribution in [0.15, 0.2) is 70.2 Å². The Kier molecular flexibility index (Phi) is 8.35. The molecule has 160 valence electrons. The molecule has 0 unspecified atom stereocenters. The number of hydrogen-bond acceptors (Lipinski definition) is 4. The lowest BCUT2D eigenvalue weighted by Gasteiger charge is -2.14. The van der Waals surface area contributed by atoms with Crippen molar-refractivity contribution in [2.45, 2.75) is 13.5 Å². The van der Waals surface area contributed by atoms with E-state index in [1.54, 1.807) is 36.4 Å². The van der Waals surface area contributed by atoms with Crippen LogP contribution in [0.4, 0.5) is 0 Å². The van der Waals surface area contributed by atoms with Crippen molar-refractivity contribution in [1.29, 1.82) is 0 Å². The minimum atomic E-state index is -0.400. The molecule has 1 amide bonds. The molecule has 3 aromatic rings. The Bertz CT molecular complexity index is 1110. The highest BCUT2D eigenvalue weighted by Crippen LogP contribution is 2.34. The van der Waals surface area contributed by atoms with Crippen LogP contribution in [-0.2, 0) is 6.61 Å². The quantitative estimate of drug-likeness (QED) is 0.272. The summed E-state index contributed by atoms with van der Waals surface area (Å²) in [4.78, 5) is 12.2. The van der Waals surface area contributed by atoms with Gasteiger partial charge in [0, 0.05) is 20.6 Å². The standard InChI is InChI=1S/C23H19BrCl2N2O3/c1-2-30-21-11-16(13-27-28-23(29)17-8-4-6-10-20(17)26)18(24)12-22(21)31-14-15-7-3-5-9-19(15)25/h3-13H,2,14H2,1H3,(H,28,29)/b27-13-. The van der Waals surface area contributed by atoms with Crippen molar-refractivity contribution in [2.24, 2.45) is 5.10 Å². The van der Waals surface area contributed by atoms with E-state index in [0.29, 0.717) is 45.9 Å². The Hall–Kier alpha value is -2.54. The molecule has 0 heterocycles. The predicted octanol–water partition coefficient (Wildman–Crippen LogP) is 6.50. The molecule has 0 aliphatic rings. The van der Waals surface area contributed by atoms with Crippen LogP contribution in [0.2, 0.25) is 10.0 Å². The minimum Gasteiger partial charge on any atom is -0.490 e. The Morgan fingerprint density at radius 1 is 1.03 bits per heavy atom. The number of carbonyl (C=O) groups is 1. The average Bonchev–Trinajstić information content (AvgIpc) is 2.76. The summed E-state index contributed by atoms with van der Waals surface area (Å²) in [5.41, 5.74) is 4.39. The maximum atomic E-state index is 12.2. The van der Waals surface area contributed by atoms with Gasteiger partial charge in [-0.1, -0.05) is 53.5 Å². The summed E-state index contributed by atoms with van der Waals surface area (Å²) in [7, 11) is 0. The fourth-order valence-corrected chi connectivity index (χ4v) is 3.50. The predicted molar refractivity (Wildman–Crippen MR) is 128 cm³/mol. The Labute approximate surface area is 199 Å². The molecule has 0 aromatic heterocycles. The van der Waals surface area contributed by atoms with Gasteiger partial charge in [0.1, 0.15) is 6.61 Å². The zero-order chi connectivity index (χ0) is 22.2. The number of ether oxygens (including phenoxy) is 2. The Morgan fingerprint density at radius 3 is 2.42 bits per heavy atom. The first-order valence-corrected chi connectivity index (χ1v) is 10.9. The second-order valence-electron chi connectivity index (χ2n) is 6.31. The topological polar surface area (TPSA) is 59.9 Å². The summed E-state index contributed by atoms with van der Waals surface area (Å²) >= 11 is 15.8. The maximum Gasteiger partial charge on any atom is 0.272 e. The van der Waals surface area contributed by atoms with Crippen molar-refractivity contribution in [3.8, 4) is 11.5 Å². The van der Waals surface area contributed by atoms with Gasteiger partial charge in [-0.3, -0.25) is 4.79 Å². The van der Waals surface area contributed by atoms with E-state index in [9.17, 15) is 4.79 Å². The molecular weight excluding hydrogens is 503 g/mol. The monoisotopic (exact) mass is 520 g/mol. The SMILES string of the molecule is CCOc1cc(/C=N\NC(=O)c2ccccc2Cl)c(Br)cc1OCc1ccccc1Cl. The maximum absolute atomic E-state index is 12.2. The van der Waals surface area contributed by atoms with E-state index in [1.165, 1.54) is 6.21 Å². The fraction of sp³-hybridized carbons (Fsp3) is 0.130. The van der Waals surface area contributed by atoms with Crippen LogP contribution in [0, 0.1) is 0 Å². The van der Waals surface area contributed by atoms with E-state index in [0.717, 1.165) is 10.0 Å². The highest BCUT2D eigenvalue weighted by Gasteiger charge is 2.12. The van der Waals surface area contributed by atoms with E-state index in [1.807, 2.05) is 31.2 Å². The van der Waals surface area contributed by atoms with Gasteiger partial charge < -0.3 is 9.47 Å². The molecule has 0 fully saturated rings. The molecule has 0 saturated heterocycles. The lowest BCUT2D eigenvalue weighted by Crippen LogP contribution is -2.18. The van der Waals surface area contributed by atoms with Crippen LogP contribution in [0.1, 0.15) is 28.4 Å². The van der Waals surface area contributed by atoms with E-state index < -0.39 is 5.91 Å². The second kappa shape index (κ2) is 11.2. The summed E-state index contributed by atoms with van der Waals surface area (Å²) in [6.45, 7) is 2.65. The number of nitrogens with one attached hydrogen (secondary N) is 1. The summed E-state index contributed by atoms with van der Waals surface area (Å²) < 4.78 is 12.4. The number of rotatable bonds is 8. The zero-order valence-electron chi connectivity index (χ0n) is 16.6. The molecule has 31 heavy (non-hydrogen) atoms. The average molecular weight is 522 g/mol. The highest BCUT2D eigenvalue weighted by atomic mass is 79.9.